The summed E-state index contributed by atoms with van der Waals surface area (Å²) in [4.78, 5) is 43.6. The molecule has 4 N–H and O–H groups in total. The second kappa shape index (κ2) is 15.8. The van der Waals surface area contributed by atoms with Crippen molar-refractivity contribution < 1.29 is 29.3 Å². The molecule has 0 bridgehead atoms. The SMILES string of the molecule is CC(C)CCC(C)N(C(=O)C(Cc1ccc(O)cc1)NC(=O)OC(C)(C)C)C(C(=O)NC1CCCCC1)c1ccc(O)cc1. The molecule has 3 amide bonds. The number of nitrogens with zero attached hydrogens (tertiary/aromatic N) is 1. The zero-order valence-corrected chi connectivity index (χ0v) is 27.1. The summed E-state index contributed by atoms with van der Waals surface area (Å²) in [6.45, 7) is 11.4. The van der Waals surface area contributed by atoms with Crippen LogP contribution in [-0.2, 0) is 20.7 Å². The highest BCUT2D eigenvalue weighted by Gasteiger charge is 2.39. The van der Waals surface area contributed by atoms with Gasteiger partial charge in [-0.1, -0.05) is 57.4 Å². The number of hydrogen-bond donors (Lipinski definition) is 4. The molecular formula is C35H51N3O6. The lowest BCUT2D eigenvalue weighted by molar-refractivity contribution is -0.145. The summed E-state index contributed by atoms with van der Waals surface area (Å²) in [5, 5.41) is 25.9. The third kappa shape index (κ3) is 10.8. The van der Waals surface area contributed by atoms with Gasteiger partial charge in [-0.3, -0.25) is 9.59 Å². The lowest BCUT2D eigenvalue weighted by Crippen LogP contribution is -2.57. The number of rotatable bonds is 12. The largest absolute Gasteiger partial charge is 0.508 e. The van der Waals surface area contributed by atoms with Gasteiger partial charge in [-0.15, -0.1) is 0 Å². The van der Waals surface area contributed by atoms with Gasteiger partial charge in [0.05, 0.1) is 0 Å². The molecule has 0 aliphatic heterocycles. The Morgan fingerprint density at radius 2 is 1.45 bits per heavy atom. The van der Waals surface area contributed by atoms with Gasteiger partial charge in [0.25, 0.3) is 0 Å². The molecule has 3 atom stereocenters. The number of carbonyl (C=O) groups is 3. The second-order valence-corrected chi connectivity index (χ2v) is 13.5. The van der Waals surface area contributed by atoms with Gasteiger partial charge in [-0.05, 0) is 94.7 Å². The average Bonchev–Trinajstić information content (AvgIpc) is 2.95. The number of amides is 3. The van der Waals surface area contributed by atoms with Gasteiger partial charge in [0.15, 0.2) is 0 Å². The van der Waals surface area contributed by atoms with Crippen molar-refractivity contribution in [2.24, 2.45) is 5.92 Å². The van der Waals surface area contributed by atoms with E-state index in [9.17, 15) is 24.6 Å². The van der Waals surface area contributed by atoms with E-state index in [2.05, 4.69) is 24.5 Å². The molecule has 9 heteroatoms. The van der Waals surface area contributed by atoms with E-state index in [1.54, 1.807) is 49.9 Å². The maximum Gasteiger partial charge on any atom is 0.408 e. The molecule has 1 fully saturated rings. The van der Waals surface area contributed by atoms with Crippen molar-refractivity contribution in [3.8, 4) is 11.5 Å². The van der Waals surface area contributed by atoms with E-state index in [0.717, 1.165) is 44.1 Å². The van der Waals surface area contributed by atoms with Gasteiger partial charge in [0, 0.05) is 18.5 Å². The molecule has 2 aromatic carbocycles. The summed E-state index contributed by atoms with van der Waals surface area (Å²) < 4.78 is 5.53. The highest BCUT2D eigenvalue weighted by Crippen LogP contribution is 2.30. The van der Waals surface area contributed by atoms with Crippen molar-refractivity contribution in [2.75, 3.05) is 0 Å². The van der Waals surface area contributed by atoms with Gasteiger partial charge >= 0.3 is 6.09 Å². The molecule has 1 aliphatic rings. The Labute approximate surface area is 262 Å². The van der Waals surface area contributed by atoms with E-state index in [0.29, 0.717) is 17.9 Å². The summed E-state index contributed by atoms with van der Waals surface area (Å²) in [7, 11) is 0. The van der Waals surface area contributed by atoms with Crippen LogP contribution in [0.2, 0.25) is 0 Å². The smallest absolute Gasteiger partial charge is 0.408 e. The fraction of sp³-hybridized carbons (Fsp3) is 0.571. The van der Waals surface area contributed by atoms with Crippen LogP contribution in [-0.4, -0.2) is 56.7 Å². The molecule has 0 radical (unpaired) electrons. The number of benzene rings is 2. The normalized spacial score (nSPS) is 16.1. The molecule has 1 aliphatic carbocycles. The molecule has 0 saturated heterocycles. The van der Waals surface area contributed by atoms with E-state index in [1.165, 1.54) is 24.3 Å². The van der Waals surface area contributed by atoms with Crippen LogP contribution in [0.25, 0.3) is 0 Å². The first kappa shape index (κ1) is 34.7. The number of nitrogens with one attached hydrogen (secondary N) is 2. The van der Waals surface area contributed by atoms with Crippen LogP contribution in [0.5, 0.6) is 11.5 Å². The van der Waals surface area contributed by atoms with E-state index < -0.39 is 29.7 Å². The Kier molecular flexibility index (Phi) is 12.5. The molecule has 1 saturated carbocycles. The highest BCUT2D eigenvalue weighted by atomic mass is 16.6. The Morgan fingerprint density at radius 3 is 2.00 bits per heavy atom. The quantitative estimate of drug-likeness (QED) is 0.221. The van der Waals surface area contributed by atoms with Crippen LogP contribution in [0.4, 0.5) is 4.79 Å². The molecule has 9 nitrogen and oxygen atoms in total. The number of carbonyl (C=O) groups excluding carboxylic acids is 3. The molecule has 0 spiro atoms. The zero-order valence-electron chi connectivity index (χ0n) is 27.1. The molecule has 242 valence electrons. The Morgan fingerprint density at radius 1 is 0.886 bits per heavy atom. The van der Waals surface area contributed by atoms with E-state index in [4.69, 9.17) is 4.74 Å². The number of ether oxygens (including phenoxy) is 1. The molecule has 0 heterocycles. The van der Waals surface area contributed by atoms with Crippen molar-refractivity contribution in [1.29, 1.82) is 0 Å². The van der Waals surface area contributed by atoms with Crippen LogP contribution >= 0.6 is 0 Å². The molecular weight excluding hydrogens is 558 g/mol. The van der Waals surface area contributed by atoms with E-state index in [1.807, 2.05) is 6.92 Å². The summed E-state index contributed by atoms with van der Waals surface area (Å²) in [5.74, 6) is -0.175. The van der Waals surface area contributed by atoms with Crippen molar-refractivity contribution >= 4 is 17.9 Å². The van der Waals surface area contributed by atoms with Crippen molar-refractivity contribution in [2.45, 2.75) is 123 Å². The topological polar surface area (TPSA) is 128 Å². The molecule has 3 rings (SSSR count). The van der Waals surface area contributed by atoms with Crippen LogP contribution in [0.15, 0.2) is 48.5 Å². The van der Waals surface area contributed by atoms with E-state index >= 15 is 0 Å². The Balaban J connectivity index is 2.08. The first-order chi connectivity index (χ1) is 20.7. The van der Waals surface area contributed by atoms with Crippen LogP contribution in [0, 0.1) is 5.92 Å². The van der Waals surface area contributed by atoms with Gasteiger partial charge in [-0.25, -0.2) is 4.79 Å². The molecule has 44 heavy (non-hydrogen) atoms. The zero-order chi connectivity index (χ0) is 32.4. The summed E-state index contributed by atoms with van der Waals surface area (Å²) in [5.41, 5.74) is 0.510. The lowest BCUT2D eigenvalue weighted by atomic mass is 9.93. The van der Waals surface area contributed by atoms with Gasteiger partial charge in [0.2, 0.25) is 11.8 Å². The van der Waals surface area contributed by atoms with Gasteiger partial charge in [-0.2, -0.15) is 0 Å². The summed E-state index contributed by atoms with van der Waals surface area (Å²) in [6.07, 6.45) is 5.85. The first-order valence-electron chi connectivity index (χ1n) is 15.9. The fourth-order valence-corrected chi connectivity index (χ4v) is 5.63. The lowest BCUT2D eigenvalue weighted by Gasteiger charge is -2.39. The van der Waals surface area contributed by atoms with Gasteiger partial charge in [0.1, 0.15) is 29.2 Å². The number of aromatic hydroxyl groups is 2. The minimum absolute atomic E-state index is 0.0199. The molecule has 0 aromatic heterocycles. The van der Waals surface area contributed by atoms with Crippen LogP contribution in [0.1, 0.15) is 104 Å². The van der Waals surface area contributed by atoms with Crippen molar-refractivity contribution in [3.63, 3.8) is 0 Å². The predicted molar refractivity (Wildman–Crippen MR) is 171 cm³/mol. The Bertz CT molecular complexity index is 1220. The molecule has 2 aromatic rings. The number of phenolic OH excluding ortho intramolecular Hbond substituents is 2. The maximum absolute atomic E-state index is 14.8. The van der Waals surface area contributed by atoms with Crippen LogP contribution < -0.4 is 10.6 Å². The fourth-order valence-electron chi connectivity index (χ4n) is 5.63. The minimum atomic E-state index is -1.06. The third-order valence-electron chi connectivity index (χ3n) is 7.94. The minimum Gasteiger partial charge on any atom is -0.508 e. The number of phenols is 2. The summed E-state index contributed by atoms with van der Waals surface area (Å²) in [6, 6.07) is 10.5. The standard InChI is InChI=1S/C35H51N3O6/c1-23(2)12-13-24(3)38(31(26-16-20-29(40)21-17-26)32(41)36-27-10-8-7-9-11-27)33(42)30(37-34(43)44-35(4,5)6)22-25-14-18-28(39)19-15-25/h14-21,23-24,27,30-31,39-40H,7-13,22H2,1-6H3,(H,36,41)(H,37,43). The average molecular weight is 610 g/mol. The number of alkyl carbamates (subject to hydrolysis) is 1. The molecule has 3 unspecified atom stereocenters. The Hall–Kier alpha value is -3.75. The third-order valence-corrected chi connectivity index (χ3v) is 7.94. The number of hydrogen-bond acceptors (Lipinski definition) is 6. The van der Waals surface area contributed by atoms with Crippen molar-refractivity contribution in [1.82, 2.24) is 15.5 Å². The predicted octanol–water partition coefficient (Wildman–Crippen LogP) is 6.38. The summed E-state index contributed by atoms with van der Waals surface area (Å²) >= 11 is 0. The first-order valence-corrected chi connectivity index (χ1v) is 15.9. The van der Waals surface area contributed by atoms with Crippen LogP contribution in [0.3, 0.4) is 0 Å². The second-order valence-electron chi connectivity index (χ2n) is 13.5. The van der Waals surface area contributed by atoms with Crippen molar-refractivity contribution in [3.05, 3.63) is 59.7 Å². The monoisotopic (exact) mass is 609 g/mol. The van der Waals surface area contributed by atoms with Gasteiger partial charge < -0.3 is 30.5 Å². The highest BCUT2D eigenvalue weighted by molar-refractivity contribution is 5.92. The van der Waals surface area contributed by atoms with E-state index in [-0.39, 0.29) is 35.9 Å². The maximum atomic E-state index is 14.8.